The topological polar surface area (TPSA) is 35.8 Å². The predicted octanol–water partition coefficient (Wildman–Crippen LogP) is 4.58. The van der Waals surface area contributed by atoms with Gasteiger partial charge in [-0.05, 0) is 5.34 Å². The predicted molar refractivity (Wildman–Crippen MR) is 44.1 cm³/mol. The number of rotatable bonds is 5. The molecule has 25 heavy (non-hydrogen) atoms. The van der Waals surface area contributed by atoms with Gasteiger partial charge >= 0.3 is 35.8 Å². The Morgan fingerprint density at radius 1 is 0.600 bits per heavy atom. The third-order valence-corrected chi connectivity index (χ3v) is 2.47. The highest BCUT2D eigenvalue weighted by atomic mass is 19.4. The third-order valence-electron chi connectivity index (χ3n) is 2.47. The first-order valence-corrected chi connectivity index (χ1v) is 4.94. The molecular weight excluding hydrogens is 413 g/mol. The summed E-state index contributed by atoms with van der Waals surface area (Å²) in [6, 6.07) is 0. The first-order valence-electron chi connectivity index (χ1n) is 4.94. The molecule has 0 aromatic carbocycles. The van der Waals surface area contributed by atoms with Crippen LogP contribution < -0.4 is 0 Å². The van der Waals surface area contributed by atoms with Gasteiger partial charge in [0, 0.05) is 0 Å². The molecule has 0 radical (unpaired) electrons. The summed E-state index contributed by atoms with van der Waals surface area (Å²) >= 11 is 0. The van der Waals surface area contributed by atoms with Crippen molar-refractivity contribution in [2.45, 2.75) is 35.8 Å². The molecule has 1 N–H and O–H groups in total. The molecule has 0 unspecified atom stereocenters. The fourth-order valence-electron chi connectivity index (χ4n) is 1.11. The van der Waals surface area contributed by atoms with Crippen LogP contribution in [-0.4, -0.2) is 52.2 Å². The van der Waals surface area contributed by atoms with Crippen molar-refractivity contribution in [3.05, 3.63) is 0 Å². The van der Waals surface area contributed by atoms with E-state index in [4.69, 9.17) is 5.21 Å². The van der Waals surface area contributed by atoms with E-state index in [2.05, 4.69) is 0 Å². The van der Waals surface area contributed by atoms with E-state index in [1.807, 2.05) is 0 Å². The minimum atomic E-state index is -8.26. The Morgan fingerprint density at radius 2 is 0.920 bits per heavy atom. The van der Waals surface area contributed by atoms with Crippen LogP contribution in [0, 0.1) is 0 Å². The van der Waals surface area contributed by atoms with Gasteiger partial charge in [0.2, 0.25) is 0 Å². The Labute approximate surface area is 125 Å². The Hall–Kier alpha value is -1.78. The number of halogens is 15. The van der Waals surface area contributed by atoms with Gasteiger partial charge in [-0.3, -0.25) is 0 Å². The molecule has 0 aromatic heterocycles. The first kappa shape index (κ1) is 23.2. The molecule has 0 aliphatic heterocycles. The quantitative estimate of drug-likeness (QED) is 0.179. The van der Waals surface area contributed by atoms with E-state index in [0.717, 1.165) is 0 Å². The van der Waals surface area contributed by atoms with E-state index in [1.54, 1.807) is 0 Å². The standard InChI is InChI=1S/C7HF15N2O/c8-2(9,1(23-25)24(21)22)3(10,11)4(12,13)5(14,15)6(16,17)7(18,19)20/h25H/b23-1+. The van der Waals surface area contributed by atoms with Gasteiger partial charge in [-0.15, -0.1) is 0 Å². The second kappa shape index (κ2) is 5.89. The first-order chi connectivity index (χ1) is 10.6. The lowest BCUT2D eigenvalue weighted by Crippen LogP contribution is -2.71. The lowest BCUT2D eigenvalue weighted by Gasteiger charge is -2.39. The van der Waals surface area contributed by atoms with Crippen LogP contribution in [0.4, 0.5) is 66.0 Å². The van der Waals surface area contributed by atoms with E-state index in [0.29, 0.717) is 5.16 Å². The van der Waals surface area contributed by atoms with Gasteiger partial charge in [0.1, 0.15) is 0 Å². The Kier molecular flexibility index (Phi) is 5.47. The van der Waals surface area contributed by atoms with Gasteiger partial charge in [-0.2, -0.15) is 57.1 Å². The lowest BCUT2D eigenvalue weighted by atomic mass is 9.93. The Bertz CT molecular complexity index is 520. The Balaban J connectivity index is 6.49. The molecule has 0 aliphatic carbocycles. The molecule has 0 fully saturated rings. The molecule has 0 amide bonds. The van der Waals surface area contributed by atoms with E-state index in [1.165, 1.54) is 0 Å². The van der Waals surface area contributed by atoms with Crippen LogP contribution in [0.15, 0.2) is 5.16 Å². The van der Waals surface area contributed by atoms with Gasteiger partial charge in [-0.25, -0.2) is 0 Å². The van der Waals surface area contributed by atoms with Crippen molar-refractivity contribution in [1.82, 2.24) is 5.34 Å². The van der Waals surface area contributed by atoms with Crippen molar-refractivity contribution in [3.8, 4) is 0 Å². The fourth-order valence-corrected chi connectivity index (χ4v) is 1.11. The van der Waals surface area contributed by atoms with Crippen LogP contribution in [0.1, 0.15) is 0 Å². The average Bonchev–Trinajstić information content (AvgIpc) is 2.36. The number of hydrogen-bond donors (Lipinski definition) is 1. The van der Waals surface area contributed by atoms with Crippen molar-refractivity contribution in [3.63, 3.8) is 0 Å². The van der Waals surface area contributed by atoms with Gasteiger partial charge in [0.25, 0.3) is 5.84 Å². The molecule has 0 aromatic rings. The van der Waals surface area contributed by atoms with Crippen molar-refractivity contribution < 1.29 is 71.2 Å². The van der Waals surface area contributed by atoms with E-state index in [-0.39, 0.29) is 0 Å². The summed E-state index contributed by atoms with van der Waals surface area (Å²) in [5.74, 6) is -43.8. The smallest absolute Gasteiger partial charge is 0.409 e. The van der Waals surface area contributed by atoms with Crippen LogP contribution in [0.3, 0.4) is 0 Å². The summed E-state index contributed by atoms with van der Waals surface area (Å²) in [4.78, 5) is 0. The molecule has 0 atom stereocenters. The zero-order valence-corrected chi connectivity index (χ0v) is 10.5. The summed E-state index contributed by atoms with van der Waals surface area (Å²) in [5, 5.41) is 5.06. The molecule has 0 aliphatic rings. The molecule has 0 saturated carbocycles. The van der Waals surface area contributed by atoms with E-state index < -0.39 is 47.0 Å². The molecule has 0 rings (SSSR count). The Morgan fingerprint density at radius 3 is 1.16 bits per heavy atom. The average molecular weight is 414 g/mol. The molecule has 3 nitrogen and oxygen atoms in total. The number of alkyl halides is 13. The minimum absolute atomic E-state index is 0.707. The lowest BCUT2D eigenvalue weighted by molar-refractivity contribution is -0.435. The highest BCUT2D eigenvalue weighted by molar-refractivity contribution is 5.88. The number of amidine groups is 1. The summed E-state index contributed by atoms with van der Waals surface area (Å²) in [5.41, 5.74) is 0. The molecule has 0 heterocycles. The van der Waals surface area contributed by atoms with Crippen LogP contribution >= 0.6 is 0 Å². The summed E-state index contributed by atoms with van der Waals surface area (Å²) in [6.45, 7) is 0. The largest absolute Gasteiger partial charge is 0.460 e. The van der Waals surface area contributed by atoms with Gasteiger partial charge in [-0.1, -0.05) is 14.1 Å². The van der Waals surface area contributed by atoms with Crippen molar-refractivity contribution in [2.75, 3.05) is 0 Å². The molecular formula is C7HF15N2O. The molecule has 0 saturated heterocycles. The zero-order chi connectivity index (χ0) is 20.9. The molecule has 18 heteroatoms. The van der Waals surface area contributed by atoms with Crippen LogP contribution in [0.25, 0.3) is 0 Å². The maximum atomic E-state index is 13.0. The number of nitrogens with zero attached hydrogens (tertiary/aromatic N) is 2. The summed E-state index contributed by atoms with van der Waals surface area (Å²) in [6.07, 6.45) is -7.62. The fraction of sp³-hybridized carbons (Fsp3) is 0.857. The van der Waals surface area contributed by atoms with Gasteiger partial charge in [0.15, 0.2) is 0 Å². The number of hydrogen-bond acceptors (Lipinski definition) is 2. The van der Waals surface area contributed by atoms with Crippen LogP contribution in [-0.2, 0) is 0 Å². The van der Waals surface area contributed by atoms with Gasteiger partial charge in [0.05, 0.1) is 0 Å². The van der Waals surface area contributed by atoms with Crippen molar-refractivity contribution in [1.29, 1.82) is 0 Å². The third kappa shape index (κ3) is 2.98. The second-order valence-corrected chi connectivity index (χ2v) is 4.03. The van der Waals surface area contributed by atoms with E-state index >= 15 is 0 Å². The molecule has 150 valence electrons. The number of oxime groups is 1. The van der Waals surface area contributed by atoms with Crippen LogP contribution in [0.5, 0.6) is 0 Å². The highest BCUT2D eigenvalue weighted by Gasteiger charge is 2.91. The van der Waals surface area contributed by atoms with Crippen molar-refractivity contribution >= 4 is 5.84 Å². The minimum Gasteiger partial charge on any atom is -0.409 e. The van der Waals surface area contributed by atoms with E-state index in [9.17, 15) is 66.0 Å². The maximum absolute atomic E-state index is 13.0. The van der Waals surface area contributed by atoms with Crippen molar-refractivity contribution in [2.24, 2.45) is 5.16 Å². The summed E-state index contributed by atoms with van der Waals surface area (Å²) in [7, 11) is 0. The molecule has 0 bridgehead atoms. The highest BCUT2D eigenvalue weighted by Crippen LogP contribution is 2.60. The SMILES string of the molecule is O/N=C(/N(F)F)C(F)(F)C(F)(F)C(F)(F)C(F)(F)C(F)(F)C(F)(F)F. The van der Waals surface area contributed by atoms with Crippen LogP contribution in [0.2, 0.25) is 0 Å². The van der Waals surface area contributed by atoms with Gasteiger partial charge < -0.3 is 5.21 Å². The monoisotopic (exact) mass is 414 g/mol. The zero-order valence-electron chi connectivity index (χ0n) is 10.5. The summed E-state index contributed by atoms with van der Waals surface area (Å²) < 4.78 is 187. The maximum Gasteiger partial charge on any atom is 0.460 e. The molecule has 0 spiro atoms. The second-order valence-electron chi connectivity index (χ2n) is 4.03. The normalized spacial score (nSPS) is 16.2.